The summed E-state index contributed by atoms with van der Waals surface area (Å²) in [6.45, 7) is 0.795. The molecule has 1 heterocycles. The lowest BCUT2D eigenvalue weighted by Gasteiger charge is -2.16. The Morgan fingerprint density at radius 1 is 1.19 bits per heavy atom. The van der Waals surface area contributed by atoms with Gasteiger partial charge in [0.05, 0.1) is 6.54 Å². The highest BCUT2D eigenvalue weighted by Crippen LogP contribution is 2.16. The molecular formula is C18H19N7O2. The third kappa shape index (κ3) is 4.95. The smallest absolute Gasteiger partial charge is 0.248 e. The van der Waals surface area contributed by atoms with Crippen molar-refractivity contribution in [1.82, 2.24) is 25.5 Å². The summed E-state index contributed by atoms with van der Waals surface area (Å²) in [4.78, 5) is 25.2. The second-order valence-corrected chi connectivity index (χ2v) is 6.10. The van der Waals surface area contributed by atoms with Crippen molar-refractivity contribution >= 4 is 17.5 Å². The maximum Gasteiger partial charge on any atom is 0.248 e. The Morgan fingerprint density at radius 2 is 1.96 bits per heavy atom. The zero-order valence-corrected chi connectivity index (χ0v) is 14.7. The highest BCUT2D eigenvalue weighted by molar-refractivity contribution is 5.95. The molecule has 9 nitrogen and oxygen atoms in total. The van der Waals surface area contributed by atoms with Crippen LogP contribution in [0.1, 0.15) is 15.9 Å². The average molecular weight is 365 g/mol. The summed E-state index contributed by atoms with van der Waals surface area (Å²) < 4.78 is 0. The quantitative estimate of drug-likeness (QED) is 0.573. The van der Waals surface area contributed by atoms with Crippen molar-refractivity contribution in [2.75, 3.05) is 18.9 Å². The van der Waals surface area contributed by atoms with Crippen LogP contribution in [0.3, 0.4) is 0 Å². The number of aromatic nitrogens is 4. The first-order valence-electron chi connectivity index (χ1n) is 8.22. The van der Waals surface area contributed by atoms with Gasteiger partial charge in [0, 0.05) is 23.4 Å². The number of amides is 2. The van der Waals surface area contributed by atoms with Crippen molar-refractivity contribution in [3.05, 3.63) is 59.7 Å². The highest BCUT2D eigenvalue weighted by atomic mass is 16.2. The van der Waals surface area contributed by atoms with Gasteiger partial charge in [-0.3, -0.25) is 14.5 Å². The summed E-state index contributed by atoms with van der Waals surface area (Å²) in [5.74, 6) is -0.133. The van der Waals surface area contributed by atoms with Crippen LogP contribution in [0.2, 0.25) is 0 Å². The van der Waals surface area contributed by atoms with Gasteiger partial charge >= 0.3 is 0 Å². The fourth-order valence-electron chi connectivity index (χ4n) is 2.62. The molecule has 0 aliphatic carbocycles. The third-order valence-corrected chi connectivity index (χ3v) is 3.85. The van der Waals surface area contributed by atoms with Crippen LogP contribution in [-0.4, -0.2) is 50.9 Å². The first kappa shape index (κ1) is 18.2. The molecule has 0 aliphatic heterocycles. The number of likely N-dealkylation sites (N-methyl/N-ethyl adjacent to an activating group) is 1. The molecule has 4 N–H and O–H groups in total. The van der Waals surface area contributed by atoms with Crippen LogP contribution < -0.4 is 11.1 Å². The zero-order chi connectivity index (χ0) is 19.2. The molecule has 0 bridgehead atoms. The number of benzene rings is 2. The number of nitrogens with one attached hydrogen (secondary N) is 2. The van der Waals surface area contributed by atoms with Crippen molar-refractivity contribution in [1.29, 1.82) is 0 Å². The van der Waals surface area contributed by atoms with Gasteiger partial charge in [0.2, 0.25) is 17.6 Å². The number of carbonyl (C=O) groups is 2. The van der Waals surface area contributed by atoms with Crippen molar-refractivity contribution in [3.8, 4) is 11.4 Å². The maximum atomic E-state index is 12.2. The van der Waals surface area contributed by atoms with E-state index in [1.165, 1.54) is 0 Å². The number of rotatable bonds is 7. The van der Waals surface area contributed by atoms with Gasteiger partial charge in [-0.05, 0) is 48.2 Å². The lowest BCUT2D eigenvalue weighted by Crippen LogP contribution is -2.29. The van der Waals surface area contributed by atoms with Crippen molar-refractivity contribution in [3.63, 3.8) is 0 Å². The second kappa shape index (κ2) is 8.19. The molecule has 0 radical (unpaired) electrons. The molecule has 0 spiro atoms. The third-order valence-electron chi connectivity index (χ3n) is 3.85. The largest absolute Gasteiger partial charge is 0.366 e. The molecule has 0 fully saturated rings. The number of primary amides is 1. The highest BCUT2D eigenvalue weighted by Gasteiger charge is 2.10. The molecule has 27 heavy (non-hydrogen) atoms. The van der Waals surface area contributed by atoms with E-state index in [1.807, 2.05) is 36.2 Å². The predicted molar refractivity (Wildman–Crippen MR) is 99.5 cm³/mol. The molecule has 2 aromatic carbocycles. The first-order chi connectivity index (χ1) is 13.0. The molecule has 0 unspecified atom stereocenters. The van der Waals surface area contributed by atoms with Crippen LogP contribution in [0.4, 0.5) is 5.69 Å². The van der Waals surface area contributed by atoms with E-state index in [4.69, 9.17) is 5.73 Å². The SMILES string of the molecule is CN(CC(=O)Nc1ccc(C(N)=O)cc1)Cc1cccc(-c2nn[nH]n2)c1. The van der Waals surface area contributed by atoms with Gasteiger partial charge in [0.1, 0.15) is 0 Å². The van der Waals surface area contributed by atoms with Gasteiger partial charge in [0.15, 0.2) is 0 Å². The summed E-state index contributed by atoms with van der Waals surface area (Å²) in [5.41, 5.74) is 8.09. The van der Waals surface area contributed by atoms with Crippen LogP contribution in [-0.2, 0) is 11.3 Å². The van der Waals surface area contributed by atoms with E-state index in [0.717, 1.165) is 11.1 Å². The number of anilines is 1. The van der Waals surface area contributed by atoms with Crippen molar-refractivity contribution in [2.45, 2.75) is 6.54 Å². The van der Waals surface area contributed by atoms with Gasteiger partial charge in [-0.1, -0.05) is 18.2 Å². The number of tetrazole rings is 1. The standard InChI is InChI=1S/C18H19N7O2/c1-25(10-12-3-2-4-14(9-12)18-21-23-24-22-18)11-16(26)20-15-7-5-13(6-8-15)17(19)27/h2-9H,10-11H2,1H3,(H2,19,27)(H,20,26)(H,21,22,23,24). The van der Waals surface area contributed by atoms with E-state index in [0.29, 0.717) is 23.6 Å². The Bertz CT molecular complexity index is 923. The number of carbonyl (C=O) groups excluding carboxylic acids is 2. The molecule has 3 rings (SSSR count). The fraction of sp³-hybridized carbons (Fsp3) is 0.167. The number of hydrogen-bond donors (Lipinski definition) is 3. The molecule has 0 saturated carbocycles. The lowest BCUT2D eigenvalue weighted by molar-refractivity contribution is -0.117. The van der Waals surface area contributed by atoms with Crippen LogP contribution in [0, 0.1) is 0 Å². The first-order valence-corrected chi connectivity index (χ1v) is 8.22. The van der Waals surface area contributed by atoms with Gasteiger partial charge in [-0.2, -0.15) is 5.21 Å². The predicted octanol–water partition coefficient (Wildman–Crippen LogP) is 1.04. The van der Waals surface area contributed by atoms with Gasteiger partial charge in [-0.15, -0.1) is 10.2 Å². The van der Waals surface area contributed by atoms with Crippen LogP contribution in [0.15, 0.2) is 48.5 Å². The Hall–Kier alpha value is -3.59. The molecule has 9 heteroatoms. The van der Waals surface area contributed by atoms with Gasteiger partial charge in [0.25, 0.3) is 0 Å². The van der Waals surface area contributed by atoms with Crippen molar-refractivity contribution < 1.29 is 9.59 Å². The van der Waals surface area contributed by atoms with E-state index in [9.17, 15) is 9.59 Å². The topological polar surface area (TPSA) is 130 Å². The molecule has 0 saturated heterocycles. The van der Waals surface area contributed by atoms with E-state index < -0.39 is 5.91 Å². The average Bonchev–Trinajstić information content (AvgIpc) is 3.17. The molecular weight excluding hydrogens is 346 g/mol. The normalized spacial score (nSPS) is 10.7. The molecule has 0 atom stereocenters. The minimum atomic E-state index is -0.504. The maximum absolute atomic E-state index is 12.2. The minimum absolute atomic E-state index is 0.154. The molecule has 1 aromatic heterocycles. The Labute approximate surface area is 155 Å². The van der Waals surface area contributed by atoms with Crippen LogP contribution in [0.5, 0.6) is 0 Å². The van der Waals surface area contributed by atoms with Gasteiger partial charge in [-0.25, -0.2) is 0 Å². The summed E-state index contributed by atoms with van der Waals surface area (Å²) in [5, 5.41) is 16.7. The lowest BCUT2D eigenvalue weighted by atomic mass is 10.1. The summed E-state index contributed by atoms with van der Waals surface area (Å²) in [6.07, 6.45) is 0. The number of nitrogens with two attached hydrogens (primary N) is 1. The summed E-state index contributed by atoms with van der Waals surface area (Å²) in [6, 6.07) is 14.2. The molecule has 0 aliphatic rings. The minimum Gasteiger partial charge on any atom is -0.366 e. The number of hydrogen-bond acceptors (Lipinski definition) is 6. The molecule has 2 amide bonds. The van der Waals surface area contributed by atoms with E-state index in [2.05, 4.69) is 25.9 Å². The summed E-state index contributed by atoms with van der Waals surface area (Å²) in [7, 11) is 1.86. The number of aromatic amines is 1. The second-order valence-electron chi connectivity index (χ2n) is 6.10. The molecule has 138 valence electrons. The number of H-pyrrole nitrogens is 1. The van der Waals surface area contributed by atoms with E-state index >= 15 is 0 Å². The molecule has 3 aromatic rings. The van der Waals surface area contributed by atoms with Gasteiger partial charge < -0.3 is 11.1 Å². The Kier molecular flexibility index (Phi) is 5.53. The van der Waals surface area contributed by atoms with E-state index in [-0.39, 0.29) is 12.5 Å². The van der Waals surface area contributed by atoms with Crippen LogP contribution in [0.25, 0.3) is 11.4 Å². The Morgan fingerprint density at radius 3 is 2.63 bits per heavy atom. The number of nitrogens with zero attached hydrogens (tertiary/aromatic N) is 4. The van der Waals surface area contributed by atoms with Crippen LogP contribution >= 0.6 is 0 Å². The Balaban J connectivity index is 1.55. The zero-order valence-electron chi connectivity index (χ0n) is 14.7. The fourth-order valence-corrected chi connectivity index (χ4v) is 2.62. The monoisotopic (exact) mass is 365 g/mol. The van der Waals surface area contributed by atoms with Crippen molar-refractivity contribution in [2.24, 2.45) is 5.73 Å². The summed E-state index contributed by atoms with van der Waals surface area (Å²) >= 11 is 0. The van der Waals surface area contributed by atoms with E-state index in [1.54, 1.807) is 24.3 Å².